The van der Waals surface area contributed by atoms with Crippen molar-refractivity contribution in [3.63, 3.8) is 0 Å². The maximum atomic E-state index is 13.0. The van der Waals surface area contributed by atoms with Gasteiger partial charge in [0.1, 0.15) is 0 Å². The van der Waals surface area contributed by atoms with Gasteiger partial charge in [0.15, 0.2) is 5.69 Å². The molecule has 8 heteroatoms. The van der Waals surface area contributed by atoms with Crippen LogP contribution in [0.3, 0.4) is 0 Å². The molecule has 4 rings (SSSR count). The van der Waals surface area contributed by atoms with Crippen LogP contribution in [-0.4, -0.2) is 90.3 Å². The minimum Gasteiger partial charge on any atom is -0.384 e. The summed E-state index contributed by atoms with van der Waals surface area (Å²) in [6, 6.07) is 0.643. The van der Waals surface area contributed by atoms with Crippen molar-refractivity contribution in [3.05, 3.63) is 11.4 Å². The zero-order chi connectivity index (χ0) is 18.9. The molecule has 0 unspecified atom stereocenters. The van der Waals surface area contributed by atoms with E-state index in [1.54, 1.807) is 7.11 Å². The molecule has 2 saturated heterocycles. The second-order valence-electron chi connectivity index (χ2n) is 8.34. The van der Waals surface area contributed by atoms with Gasteiger partial charge in [-0.1, -0.05) is 0 Å². The lowest BCUT2D eigenvalue weighted by molar-refractivity contribution is -0.0792. The van der Waals surface area contributed by atoms with E-state index in [1.807, 2.05) is 11.8 Å². The fourth-order valence-corrected chi connectivity index (χ4v) is 5.36. The Morgan fingerprint density at radius 3 is 2.81 bits per heavy atom. The van der Waals surface area contributed by atoms with E-state index in [0.29, 0.717) is 23.3 Å². The van der Waals surface area contributed by atoms with E-state index >= 15 is 0 Å². The number of hydrogen-bond donors (Lipinski definition) is 1. The highest BCUT2D eigenvalue weighted by molar-refractivity contribution is 5.93. The molecule has 0 bridgehead atoms. The Hall–Kier alpha value is -1.51. The number of morpholine rings is 1. The minimum absolute atomic E-state index is 0.00881. The highest BCUT2D eigenvalue weighted by Gasteiger charge is 2.49. The molecule has 0 spiro atoms. The first-order valence-corrected chi connectivity index (χ1v) is 10.1. The number of nitrogens with one attached hydrogen (secondary N) is 1. The number of carbonyl (C=O) groups excluding carboxylic acids is 1. The minimum atomic E-state index is -0.00881. The van der Waals surface area contributed by atoms with Gasteiger partial charge in [-0.25, -0.2) is 0 Å². The monoisotopic (exact) mass is 377 g/mol. The molecular weight excluding hydrogens is 346 g/mol. The molecule has 1 N–H and O–H groups in total. The van der Waals surface area contributed by atoms with E-state index in [1.165, 1.54) is 12.8 Å². The molecule has 3 atom stereocenters. The predicted octanol–water partition coefficient (Wildman–Crippen LogP) is 1.09. The van der Waals surface area contributed by atoms with Crippen LogP contribution in [0.25, 0.3) is 0 Å². The molecule has 8 nitrogen and oxygen atoms in total. The first-order valence-electron chi connectivity index (χ1n) is 10.1. The van der Waals surface area contributed by atoms with Crippen LogP contribution >= 0.6 is 0 Å². The second kappa shape index (κ2) is 7.85. The van der Waals surface area contributed by atoms with Gasteiger partial charge in [0.2, 0.25) is 0 Å². The molecule has 27 heavy (non-hydrogen) atoms. The SMILES string of the molecule is COC[C@@]12CC[C@@H](N3CCOCC3)C[C@H]1CCN(C(=O)c1n[nH]nc1C)C2. The first kappa shape index (κ1) is 18.8. The molecule has 150 valence electrons. The molecule has 2 aliphatic heterocycles. The van der Waals surface area contributed by atoms with E-state index in [0.717, 1.165) is 58.8 Å². The topological polar surface area (TPSA) is 83.6 Å². The van der Waals surface area contributed by atoms with Crippen LogP contribution in [0.4, 0.5) is 0 Å². The van der Waals surface area contributed by atoms with Gasteiger partial charge in [0, 0.05) is 44.7 Å². The highest BCUT2D eigenvalue weighted by Crippen LogP contribution is 2.48. The molecule has 1 aromatic rings. The van der Waals surface area contributed by atoms with Gasteiger partial charge in [0.25, 0.3) is 5.91 Å². The number of methoxy groups -OCH3 is 1. The fraction of sp³-hybridized carbons (Fsp3) is 0.842. The molecule has 1 aromatic heterocycles. The molecule has 0 radical (unpaired) electrons. The standard InChI is InChI=1S/C19H31N5O3/c1-14-17(21-22-20-14)18(25)24-6-4-15-11-16(23-7-9-27-10-8-23)3-5-19(15,12-24)13-26-2/h15-16H,3-13H2,1-2H3,(H,20,21,22)/t15-,16-,19+/m1/s1. The summed E-state index contributed by atoms with van der Waals surface area (Å²) in [5.41, 5.74) is 1.17. The predicted molar refractivity (Wildman–Crippen MR) is 99.5 cm³/mol. The number of hydrogen-bond acceptors (Lipinski definition) is 6. The van der Waals surface area contributed by atoms with Crippen molar-refractivity contribution in [2.45, 2.75) is 38.6 Å². The Balaban J connectivity index is 1.47. The number of piperidine rings is 1. The Morgan fingerprint density at radius 1 is 1.30 bits per heavy atom. The largest absolute Gasteiger partial charge is 0.384 e. The summed E-state index contributed by atoms with van der Waals surface area (Å²) in [6.45, 7) is 7.88. The smallest absolute Gasteiger partial charge is 0.276 e. The van der Waals surface area contributed by atoms with Gasteiger partial charge in [0.05, 0.1) is 25.5 Å². The number of aromatic amines is 1. The van der Waals surface area contributed by atoms with Gasteiger partial charge in [-0.3, -0.25) is 9.69 Å². The van der Waals surface area contributed by atoms with Crippen molar-refractivity contribution in [1.29, 1.82) is 0 Å². The third-order valence-corrected chi connectivity index (χ3v) is 6.86. The number of aromatic nitrogens is 3. The number of likely N-dealkylation sites (tertiary alicyclic amines) is 1. The Kier molecular flexibility index (Phi) is 5.48. The van der Waals surface area contributed by atoms with E-state index in [2.05, 4.69) is 20.3 Å². The van der Waals surface area contributed by atoms with Crippen LogP contribution in [-0.2, 0) is 9.47 Å². The van der Waals surface area contributed by atoms with Gasteiger partial charge in [-0.15, -0.1) is 0 Å². The summed E-state index contributed by atoms with van der Waals surface area (Å²) in [6.07, 6.45) is 4.52. The van der Waals surface area contributed by atoms with Crippen molar-refractivity contribution < 1.29 is 14.3 Å². The van der Waals surface area contributed by atoms with Crippen LogP contribution in [0.15, 0.2) is 0 Å². The summed E-state index contributed by atoms with van der Waals surface area (Å²) in [5.74, 6) is 0.590. The zero-order valence-electron chi connectivity index (χ0n) is 16.4. The summed E-state index contributed by atoms with van der Waals surface area (Å²) in [5, 5.41) is 10.6. The lowest BCUT2D eigenvalue weighted by Crippen LogP contribution is -2.58. The van der Waals surface area contributed by atoms with Crippen molar-refractivity contribution >= 4 is 5.91 Å². The maximum absolute atomic E-state index is 13.0. The number of fused-ring (bicyclic) bond motifs is 1. The van der Waals surface area contributed by atoms with Crippen molar-refractivity contribution in [3.8, 4) is 0 Å². The quantitative estimate of drug-likeness (QED) is 0.846. The first-order chi connectivity index (χ1) is 13.1. The second-order valence-corrected chi connectivity index (χ2v) is 8.34. The zero-order valence-corrected chi connectivity index (χ0v) is 16.4. The van der Waals surface area contributed by atoms with Crippen molar-refractivity contribution in [2.24, 2.45) is 11.3 Å². The molecule has 3 fully saturated rings. The lowest BCUT2D eigenvalue weighted by Gasteiger charge is -2.54. The fourth-order valence-electron chi connectivity index (χ4n) is 5.36. The van der Waals surface area contributed by atoms with E-state index < -0.39 is 0 Å². The Morgan fingerprint density at radius 2 is 2.11 bits per heavy atom. The van der Waals surface area contributed by atoms with Crippen molar-refractivity contribution in [2.75, 3.05) is 53.1 Å². The molecule has 0 aromatic carbocycles. The summed E-state index contributed by atoms with van der Waals surface area (Å²) >= 11 is 0. The van der Waals surface area contributed by atoms with Crippen LogP contribution < -0.4 is 0 Å². The van der Waals surface area contributed by atoms with Gasteiger partial charge >= 0.3 is 0 Å². The summed E-state index contributed by atoms with van der Waals surface area (Å²) < 4.78 is 11.2. The van der Waals surface area contributed by atoms with Crippen LogP contribution in [0.5, 0.6) is 0 Å². The summed E-state index contributed by atoms with van der Waals surface area (Å²) in [4.78, 5) is 17.5. The average molecular weight is 377 g/mol. The third-order valence-electron chi connectivity index (χ3n) is 6.86. The van der Waals surface area contributed by atoms with Crippen molar-refractivity contribution in [1.82, 2.24) is 25.2 Å². The Bertz CT molecular complexity index is 660. The van der Waals surface area contributed by atoms with Crippen LogP contribution in [0.1, 0.15) is 41.9 Å². The Labute approximate surface area is 160 Å². The number of amides is 1. The molecule has 1 aliphatic carbocycles. The highest BCUT2D eigenvalue weighted by atomic mass is 16.5. The van der Waals surface area contributed by atoms with Crippen LogP contribution in [0, 0.1) is 18.3 Å². The number of ether oxygens (including phenoxy) is 2. The maximum Gasteiger partial charge on any atom is 0.276 e. The van der Waals surface area contributed by atoms with E-state index in [-0.39, 0.29) is 11.3 Å². The van der Waals surface area contributed by atoms with E-state index in [4.69, 9.17) is 9.47 Å². The lowest BCUT2D eigenvalue weighted by atomic mass is 9.61. The molecule has 1 saturated carbocycles. The van der Waals surface area contributed by atoms with Gasteiger partial charge in [-0.2, -0.15) is 15.4 Å². The number of nitrogens with zero attached hydrogens (tertiary/aromatic N) is 4. The summed E-state index contributed by atoms with van der Waals surface area (Å²) in [7, 11) is 1.78. The number of aryl methyl sites for hydroxylation is 1. The number of rotatable bonds is 4. The van der Waals surface area contributed by atoms with Gasteiger partial charge in [-0.05, 0) is 38.5 Å². The number of carbonyl (C=O) groups is 1. The molecule has 1 amide bonds. The van der Waals surface area contributed by atoms with Gasteiger partial charge < -0.3 is 14.4 Å². The normalized spacial score (nSPS) is 32.3. The number of H-pyrrole nitrogens is 1. The molecular formula is C19H31N5O3. The van der Waals surface area contributed by atoms with Crippen LogP contribution in [0.2, 0.25) is 0 Å². The third kappa shape index (κ3) is 3.62. The molecule has 3 heterocycles. The molecule has 3 aliphatic rings. The average Bonchev–Trinajstić information content (AvgIpc) is 3.13. The van der Waals surface area contributed by atoms with E-state index in [9.17, 15) is 4.79 Å².